The normalized spacial score (nSPS) is 15.8. The van der Waals surface area contributed by atoms with E-state index in [1.165, 1.54) is 4.90 Å². The van der Waals surface area contributed by atoms with Gasteiger partial charge < -0.3 is 24.7 Å². The molecule has 1 fully saturated rings. The molecule has 1 unspecified atom stereocenters. The minimum absolute atomic E-state index is 0.0699. The van der Waals surface area contributed by atoms with Crippen LogP contribution >= 0.6 is 0 Å². The zero-order chi connectivity index (χ0) is 27.6. The van der Waals surface area contributed by atoms with Gasteiger partial charge in [0.2, 0.25) is 5.89 Å². The molecule has 2 N–H and O–H groups in total. The number of carboxylic acid groups (broad SMARTS) is 1. The predicted octanol–water partition coefficient (Wildman–Crippen LogP) is 4.39. The number of nitrogens with zero attached hydrogens (tertiary/aromatic N) is 5. The first kappa shape index (κ1) is 27.0. The molecule has 0 aliphatic carbocycles. The molecule has 10 nitrogen and oxygen atoms in total. The number of anilines is 1. The minimum Gasteiger partial charge on any atom is -0.465 e. The Labute approximate surface area is 220 Å². The molecular formula is C27H33FN6O4. The summed E-state index contributed by atoms with van der Waals surface area (Å²) in [5.74, 6) is -0.609. The summed E-state index contributed by atoms with van der Waals surface area (Å²) in [6.45, 7) is 8.71. The number of likely N-dealkylation sites (N-methyl/N-ethyl adjacent to an activating group) is 1. The Morgan fingerprint density at radius 3 is 2.71 bits per heavy atom. The predicted molar refractivity (Wildman–Crippen MR) is 140 cm³/mol. The Morgan fingerprint density at radius 1 is 1.26 bits per heavy atom. The highest BCUT2D eigenvalue weighted by atomic mass is 19.1. The fourth-order valence-electron chi connectivity index (χ4n) is 4.51. The number of amides is 2. The van der Waals surface area contributed by atoms with Gasteiger partial charge in [0.1, 0.15) is 5.82 Å². The van der Waals surface area contributed by atoms with E-state index in [0.29, 0.717) is 34.7 Å². The van der Waals surface area contributed by atoms with Crippen LogP contribution in [0.25, 0.3) is 11.1 Å². The van der Waals surface area contributed by atoms with Crippen LogP contribution in [0.4, 0.5) is 14.9 Å². The minimum atomic E-state index is -0.971. The smallest absolute Gasteiger partial charge is 0.407 e. The summed E-state index contributed by atoms with van der Waals surface area (Å²) >= 11 is 0. The van der Waals surface area contributed by atoms with Crippen LogP contribution in [0.1, 0.15) is 61.2 Å². The fraction of sp³-hybridized carbons (Fsp3) is 0.444. The van der Waals surface area contributed by atoms with Gasteiger partial charge in [-0.05, 0) is 37.0 Å². The topological polar surface area (TPSA) is 125 Å². The maximum atomic E-state index is 15.7. The van der Waals surface area contributed by atoms with Gasteiger partial charge in [0.05, 0.1) is 17.9 Å². The molecule has 4 rings (SSSR count). The zero-order valence-electron chi connectivity index (χ0n) is 22.3. The van der Waals surface area contributed by atoms with E-state index in [2.05, 4.69) is 25.3 Å². The van der Waals surface area contributed by atoms with Crippen molar-refractivity contribution >= 4 is 17.7 Å². The van der Waals surface area contributed by atoms with Gasteiger partial charge >= 0.3 is 6.09 Å². The first-order chi connectivity index (χ1) is 18.0. The van der Waals surface area contributed by atoms with Crippen molar-refractivity contribution in [1.82, 2.24) is 25.3 Å². The number of benzene rings is 1. The molecule has 2 amide bonds. The standard InChI is InChI=1S/C27H33FN6O4/c1-16-17(13-30-24(35)23-31-25(38-32-23)27(2,3)4)8-9-20(22(16)28)19-10-11-29-14-21(19)34-12-6-7-18(15-34)33(5)26(36)37/h8-11,14,18H,6-7,12-13,15H2,1-5H3,(H,30,35)(H,36,37). The van der Waals surface area contributed by atoms with Crippen molar-refractivity contribution in [2.45, 2.75) is 58.5 Å². The molecular weight excluding hydrogens is 491 g/mol. The molecule has 0 radical (unpaired) electrons. The van der Waals surface area contributed by atoms with Gasteiger partial charge in [-0.25, -0.2) is 9.18 Å². The Bertz CT molecular complexity index is 1340. The fourth-order valence-corrected chi connectivity index (χ4v) is 4.51. The molecule has 1 aliphatic rings. The van der Waals surface area contributed by atoms with Crippen LogP contribution in [-0.2, 0) is 12.0 Å². The van der Waals surface area contributed by atoms with Crippen molar-refractivity contribution in [3.63, 3.8) is 0 Å². The highest BCUT2D eigenvalue weighted by Gasteiger charge is 2.28. The summed E-state index contributed by atoms with van der Waals surface area (Å²) in [5, 5.41) is 15.9. The molecule has 38 heavy (non-hydrogen) atoms. The number of carbonyl (C=O) groups is 2. The average Bonchev–Trinajstić information content (AvgIpc) is 3.40. The van der Waals surface area contributed by atoms with E-state index in [0.717, 1.165) is 25.1 Å². The molecule has 11 heteroatoms. The van der Waals surface area contributed by atoms with E-state index in [1.807, 2.05) is 20.8 Å². The van der Waals surface area contributed by atoms with Crippen LogP contribution in [-0.4, -0.2) is 63.3 Å². The first-order valence-electron chi connectivity index (χ1n) is 12.5. The van der Waals surface area contributed by atoms with Crippen LogP contribution in [0, 0.1) is 12.7 Å². The number of aromatic nitrogens is 3. The summed E-state index contributed by atoms with van der Waals surface area (Å²) in [6, 6.07) is 5.08. The Morgan fingerprint density at radius 2 is 2.03 bits per heavy atom. The van der Waals surface area contributed by atoms with Gasteiger partial charge in [-0.1, -0.05) is 38.1 Å². The second-order valence-electron chi connectivity index (χ2n) is 10.6. The summed E-state index contributed by atoms with van der Waals surface area (Å²) < 4.78 is 20.9. The van der Waals surface area contributed by atoms with Gasteiger partial charge in [0.15, 0.2) is 0 Å². The summed E-state index contributed by atoms with van der Waals surface area (Å²) in [4.78, 5) is 35.8. The Kier molecular flexibility index (Phi) is 7.66. The number of piperidine rings is 1. The van der Waals surface area contributed by atoms with Gasteiger partial charge in [0, 0.05) is 49.4 Å². The summed E-state index contributed by atoms with van der Waals surface area (Å²) in [5.41, 5.74) is 2.50. The molecule has 0 bridgehead atoms. The maximum absolute atomic E-state index is 15.7. The quantitative estimate of drug-likeness (QED) is 0.487. The Balaban J connectivity index is 1.53. The lowest BCUT2D eigenvalue weighted by Gasteiger charge is -2.38. The summed E-state index contributed by atoms with van der Waals surface area (Å²) in [7, 11) is 1.57. The average molecular weight is 525 g/mol. The zero-order valence-corrected chi connectivity index (χ0v) is 22.3. The SMILES string of the molecule is Cc1c(CNC(=O)c2noc(C(C)(C)C)n2)ccc(-c2ccncc2N2CCCC(N(C)C(=O)O)C2)c1F. The lowest BCUT2D eigenvalue weighted by molar-refractivity contribution is 0.0937. The third kappa shape index (κ3) is 5.61. The molecule has 0 spiro atoms. The van der Waals surface area contributed by atoms with E-state index in [9.17, 15) is 14.7 Å². The molecule has 2 aromatic heterocycles. The van der Waals surface area contributed by atoms with Crippen molar-refractivity contribution in [3.05, 3.63) is 59.3 Å². The molecule has 1 aromatic carbocycles. The van der Waals surface area contributed by atoms with Crippen LogP contribution < -0.4 is 10.2 Å². The number of carbonyl (C=O) groups excluding carboxylic acids is 1. The van der Waals surface area contributed by atoms with Gasteiger partial charge in [-0.3, -0.25) is 9.78 Å². The van der Waals surface area contributed by atoms with Crippen LogP contribution in [0.5, 0.6) is 0 Å². The second-order valence-corrected chi connectivity index (χ2v) is 10.6. The van der Waals surface area contributed by atoms with Crippen molar-refractivity contribution in [1.29, 1.82) is 0 Å². The van der Waals surface area contributed by atoms with E-state index in [-0.39, 0.29) is 23.8 Å². The van der Waals surface area contributed by atoms with E-state index in [4.69, 9.17) is 4.52 Å². The van der Waals surface area contributed by atoms with E-state index < -0.39 is 17.8 Å². The molecule has 0 saturated carbocycles. The van der Waals surface area contributed by atoms with E-state index >= 15 is 4.39 Å². The third-order valence-electron chi connectivity index (χ3n) is 6.89. The van der Waals surface area contributed by atoms with Gasteiger partial charge in [-0.2, -0.15) is 4.98 Å². The largest absolute Gasteiger partial charge is 0.465 e. The lowest BCUT2D eigenvalue weighted by Crippen LogP contribution is -2.48. The van der Waals surface area contributed by atoms with Crippen LogP contribution in [0.2, 0.25) is 0 Å². The molecule has 1 saturated heterocycles. The van der Waals surface area contributed by atoms with Crippen molar-refractivity contribution < 1.29 is 23.6 Å². The molecule has 3 heterocycles. The van der Waals surface area contributed by atoms with Crippen molar-refractivity contribution in [2.75, 3.05) is 25.0 Å². The van der Waals surface area contributed by atoms with Crippen LogP contribution in [0.3, 0.4) is 0 Å². The number of nitrogens with one attached hydrogen (secondary N) is 1. The molecule has 3 aromatic rings. The third-order valence-corrected chi connectivity index (χ3v) is 6.89. The first-order valence-corrected chi connectivity index (χ1v) is 12.5. The number of hydrogen-bond acceptors (Lipinski definition) is 7. The van der Waals surface area contributed by atoms with Crippen LogP contribution in [0.15, 0.2) is 35.1 Å². The number of hydrogen-bond donors (Lipinski definition) is 2. The van der Waals surface area contributed by atoms with E-state index in [1.54, 1.807) is 44.6 Å². The maximum Gasteiger partial charge on any atom is 0.407 e. The Hall–Kier alpha value is -4.02. The number of rotatable bonds is 6. The highest BCUT2D eigenvalue weighted by Crippen LogP contribution is 2.35. The van der Waals surface area contributed by atoms with Gasteiger partial charge in [0.25, 0.3) is 11.7 Å². The lowest BCUT2D eigenvalue weighted by atomic mass is 9.96. The molecule has 202 valence electrons. The van der Waals surface area contributed by atoms with Gasteiger partial charge in [-0.15, -0.1) is 0 Å². The van der Waals surface area contributed by atoms with Crippen molar-refractivity contribution in [2.24, 2.45) is 0 Å². The van der Waals surface area contributed by atoms with Crippen molar-refractivity contribution in [3.8, 4) is 11.1 Å². The monoisotopic (exact) mass is 524 g/mol. The number of pyridine rings is 1. The summed E-state index contributed by atoms with van der Waals surface area (Å²) in [6.07, 6.45) is 3.92. The number of halogens is 1. The second kappa shape index (κ2) is 10.8. The molecule has 1 atom stereocenters. The molecule has 1 aliphatic heterocycles. The highest BCUT2D eigenvalue weighted by molar-refractivity contribution is 5.90.